The number of thiophene rings is 1. The van der Waals surface area contributed by atoms with Gasteiger partial charge < -0.3 is 10.2 Å². The lowest BCUT2D eigenvalue weighted by molar-refractivity contribution is 0.372. The van der Waals surface area contributed by atoms with Crippen molar-refractivity contribution >= 4 is 27.4 Å². The Morgan fingerprint density at radius 1 is 1.20 bits per heavy atom. The van der Waals surface area contributed by atoms with Gasteiger partial charge in [0, 0.05) is 12.6 Å². The van der Waals surface area contributed by atoms with Crippen molar-refractivity contribution in [2.24, 2.45) is 5.92 Å². The number of nitrogens with one attached hydrogen (secondary N) is 1. The van der Waals surface area contributed by atoms with Crippen molar-refractivity contribution in [1.82, 2.24) is 15.3 Å². The first-order valence-corrected chi connectivity index (χ1v) is 8.45. The number of piperidine rings is 1. The molecule has 2 fully saturated rings. The summed E-state index contributed by atoms with van der Waals surface area (Å²) in [4.78, 5) is 12.7. The van der Waals surface area contributed by atoms with E-state index in [1.54, 1.807) is 17.7 Å². The van der Waals surface area contributed by atoms with E-state index >= 15 is 0 Å². The van der Waals surface area contributed by atoms with E-state index < -0.39 is 0 Å². The third kappa shape index (κ3) is 2.40. The molecule has 0 unspecified atom stereocenters. The first kappa shape index (κ1) is 12.5. The molecule has 1 N–H and O–H groups in total. The third-order valence-corrected chi connectivity index (χ3v) is 5.23. The van der Waals surface area contributed by atoms with Crippen LogP contribution in [0, 0.1) is 5.92 Å². The molecule has 2 aliphatic rings. The summed E-state index contributed by atoms with van der Waals surface area (Å²) >= 11 is 1.71. The minimum absolute atomic E-state index is 0.711. The number of hydrogen-bond acceptors (Lipinski definition) is 5. The highest BCUT2D eigenvalue weighted by atomic mass is 32.1. The molecule has 1 saturated carbocycles. The Balaban J connectivity index is 1.63. The Kier molecular flexibility index (Phi) is 3.32. The van der Waals surface area contributed by atoms with E-state index in [1.807, 2.05) is 0 Å². The number of fused-ring (bicyclic) bond motifs is 1. The fraction of sp³-hybridized carbons (Fsp3) is 0.600. The summed E-state index contributed by atoms with van der Waals surface area (Å²) in [6.45, 7) is 3.50. The van der Waals surface area contributed by atoms with Crippen molar-refractivity contribution in [3.8, 4) is 0 Å². The van der Waals surface area contributed by atoms with Crippen LogP contribution in [0.5, 0.6) is 0 Å². The Hall–Kier alpha value is -1.20. The third-order valence-electron chi connectivity index (χ3n) is 4.41. The van der Waals surface area contributed by atoms with Gasteiger partial charge in [0.2, 0.25) is 0 Å². The van der Waals surface area contributed by atoms with Gasteiger partial charge in [-0.05, 0) is 56.1 Å². The molecule has 0 amide bonds. The van der Waals surface area contributed by atoms with E-state index in [4.69, 9.17) is 0 Å². The van der Waals surface area contributed by atoms with E-state index in [2.05, 4.69) is 31.6 Å². The molecule has 3 heterocycles. The molecule has 1 aliphatic heterocycles. The topological polar surface area (TPSA) is 41.1 Å². The summed E-state index contributed by atoms with van der Waals surface area (Å²) in [6.07, 6.45) is 6.95. The first-order chi connectivity index (χ1) is 9.92. The molecule has 106 valence electrons. The van der Waals surface area contributed by atoms with Crippen molar-refractivity contribution in [3.63, 3.8) is 0 Å². The molecule has 20 heavy (non-hydrogen) atoms. The van der Waals surface area contributed by atoms with Gasteiger partial charge in [0.05, 0.1) is 5.39 Å². The monoisotopic (exact) mass is 288 g/mol. The van der Waals surface area contributed by atoms with Gasteiger partial charge in [-0.2, -0.15) is 0 Å². The quantitative estimate of drug-likeness (QED) is 0.939. The van der Waals surface area contributed by atoms with Crippen LogP contribution in [0.3, 0.4) is 0 Å². The van der Waals surface area contributed by atoms with E-state index in [-0.39, 0.29) is 0 Å². The SMILES string of the molecule is c1nc(N(CC2CCNCC2)C2CC2)c2ccsc2n1. The van der Waals surface area contributed by atoms with Gasteiger partial charge in [-0.15, -0.1) is 11.3 Å². The number of rotatable bonds is 4. The number of anilines is 1. The van der Waals surface area contributed by atoms with E-state index in [0.717, 1.165) is 23.1 Å². The molecule has 2 aromatic rings. The number of hydrogen-bond donors (Lipinski definition) is 1. The second kappa shape index (κ2) is 5.30. The molecule has 0 radical (unpaired) electrons. The molecular formula is C15H20N4S. The molecule has 2 aromatic heterocycles. The lowest BCUT2D eigenvalue weighted by atomic mass is 9.97. The highest BCUT2D eigenvalue weighted by molar-refractivity contribution is 7.16. The van der Waals surface area contributed by atoms with Crippen LogP contribution in [0.2, 0.25) is 0 Å². The zero-order valence-corrected chi connectivity index (χ0v) is 12.4. The maximum Gasteiger partial charge on any atom is 0.141 e. The lowest BCUT2D eigenvalue weighted by Gasteiger charge is -2.31. The Morgan fingerprint density at radius 2 is 2.05 bits per heavy atom. The summed E-state index contributed by atoms with van der Waals surface area (Å²) in [5, 5.41) is 6.81. The minimum Gasteiger partial charge on any atom is -0.353 e. The zero-order valence-electron chi connectivity index (χ0n) is 11.6. The molecule has 1 saturated heterocycles. The molecule has 4 nitrogen and oxygen atoms in total. The fourth-order valence-corrected chi connectivity index (χ4v) is 3.87. The molecule has 0 aromatic carbocycles. The van der Waals surface area contributed by atoms with Crippen molar-refractivity contribution < 1.29 is 0 Å². The van der Waals surface area contributed by atoms with Gasteiger partial charge in [-0.3, -0.25) is 0 Å². The maximum absolute atomic E-state index is 4.61. The lowest BCUT2D eigenvalue weighted by Crippen LogP contribution is -2.37. The second-order valence-electron chi connectivity index (χ2n) is 5.91. The maximum atomic E-state index is 4.61. The molecule has 1 aliphatic carbocycles. The number of aromatic nitrogens is 2. The van der Waals surface area contributed by atoms with Crippen LogP contribution in [0.1, 0.15) is 25.7 Å². The predicted octanol–water partition coefficient (Wildman–Crippen LogP) is 2.66. The van der Waals surface area contributed by atoms with Crippen molar-refractivity contribution in [2.45, 2.75) is 31.7 Å². The minimum atomic E-state index is 0.711. The molecule has 0 atom stereocenters. The van der Waals surface area contributed by atoms with Crippen LogP contribution < -0.4 is 10.2 Å². The Labute approximate surface area is 123 Å². The van der Waals surface area contributed by atoms with Crippen LogP contribution in [-0.2, 0) is 0 Å². The summed E-state index contributed by atoms with van der Waals surface area (Å²) < 4.78 is 0. The summed E-state index contributed by atoms with van der Waals surface area (Å²) in [5.41, 5.74) is 0. The van der Waals surface area contributed by atoms with Crippen LogP contribution >= 0.6 is 11.3 Å². The van der Waals surface area contributed by atoms with Gasteiger partial charge >= 0.3 is 0 Å². The highest BCUT2D eigenvalue weighted by Gasteiger charge is 2.33. The molecule has 5 heteroatoms. The van der Waals surface area contributed by atoms with Gasteiger partial charge in [-0.25, -0.2) is 9.97 Å². The second-order valence-corrected chi connectivity index (χ2v) is 6.81. The standard InChI is InChI=1S/C15H20N4S/c1-2-12(1)19(9-11-3-6-16-7-4-11)14-13-5-8-20-15(13)18-10-17-14/h5,8,10-12,16H,1-4,6-7,9H2. The van der Waals surface area contributed by atoms with Crippen LogP contribution in [-0.4, -0.2) is 35.6 Å². The largest absolute Gasteiger partial charge is 0.353 e. The van der Waals surface area contributed by atoms with Crippen LogP contribution in [0.15, 0.2) is 17.8 Å². The van der Waals surface area contributed by atoms with Crippen LogP contribution in [0.4, 0.5) is 5.82 Å². The fourth-order valence-electron chi connectivity index (χ4n) is 3.14. The first-order valence-electron chi connectivity index (χ1n) is 7.57. The zero-order chi connectivity index (χ0) is 13.4. The Bertz CT molecular complexity index is 586. The normalized spacial score (nSPS) is 20.4. The predicted molar refractivity (Wildman–Crippen MR) is 83.4 cm³/mol. The average Bonchev–Trinajstić information content (AvgIpc) is 3.22. The van der Waals surface area contributed by atoms with Gasteiger partial charge in [0.25, 0.3) is 0 Å². The van der Waals surface area contributed by atoms with Crippen LogP contribution in [0.25, 0.3) is 10.2 Å². The van der Waals surface area contributed by atoms with E-state index in [0.29, 0.717) is 6.04 Å². The highest BCUT2D eigenvalue weighted by Crippen LogP contribution is 2.36. The smallest absolute Gasteiger partial charge is 0.141 e. The molecule has 0 spiro atoms. The summed E-state index contributed by atoms with van der Waals surface area (Å²) in [7, 11) is 0. The summed E-state index contributed by atoms with van der Waals surface area (Å²) in [6, 6.07) is 2.88. The number of nitrogens with zero attached hydrogens (tertiary/aromatic N) is 3. The molecule has 0 bridgehead atoms. The van der Waals surface area contributed by atoms with Crippen molar-refractivity contribution in [1.29, 1.82) is 0 Å². The van der Waals surface area contributed by atoms with Gasteiger partial charge in [0.15, 0.2) is 0 Å². The Morgan fingerprint density at radius 3 is 2.85 bits per heavy atom. The molecular weight excluding hydrogens is 268 g/mol. The van der Waals surface area contributed by atoms with Gasteiger partial charge in [-0.1, -0.05) is 0 Å². The van der Waals surface area contributed by atoms with Crippen molar-refractivity contribution in [3.05, 3.63) is 17.8 Å². The van der Waals surface area contributed by atoms with Crippen molar-refractivity contribution in [2.75, 3.05) is 24.5 Å². The summed E-state index contributed by atoms with van der Waals surface area (Å²) in [5.74, 6) is 1.97. The van der Waals surface area contributed by atoms with E-state index in [1.165, 1.54) is 44.2 Å². The molecule has 4 rings (SSSR count). The van der Waals surface area contributed by atoms with Gasteiger partial charge in [0.1, 0.15) is 17.0 Å². The average molecular weight is 288 g/mol. The van der Waals surface area contributed by atoms with E-state index in [9.17, 15) is 0 Å².